The first-order valence-electron chi connectivity index (χ1n) is 8.64. The van der Waals surface area contributed by atoms with E-state index in [1.165, 1.54) is 6.20 Å². The predicted molar refractivity (Wildman–Crippen MR) is 103 cm³/mol. The van der Waals surface area contributed by atoms with E-state index < -0.39 is 11.8 Å². The molecule has 2 amide bonds. The standard InChI is InChI=1S/C21H14N4O3/c1-28-14-9-7-13(8-10-14)25-20(26)15-11-22-19-17(16(15)21(25)27)18(23-24-19)12-5-3-2-4-6-12/h2-11H,1H3,(H,22,23,24). The van der Waals surface area contributed by atoms with E-state index in [1.54, 1.807) is 31.4 Å². The second-order valence-electron chi connectivity index (χ2n) is 6.35. The third kappa shape index (κ3) is 2.23. The zero-order valence-electron chi connectivity index (χ0n) is 14.8. The fraction of sp³-hybridized carbons (Fsp3) is 0.0476. The molecular formula is C21H14N4O3. The van der Waals surface area contributed by atoms with E-state index in [4.69, 9.17) is 4.74 Å². The lowest BCUT2D eigenvalue weighted by molar-refractivity contribution is 0.0926. The van der Waals surface area contributed by atoms with Crippen molar-refractivity contribution in [3.8, 4) is 17.0 Å². The quantitative estimate of drug-likeness (QED) is 0.558. The summed E-state index contributed by atoms with van der Waals surface area (Å²) in [6, 6.07) is 16.3. The van der Waals surface area contributed by atoms with Gasteiger partial charge >= 0.3 is 0 Å². The van der Waals surface area contributed by atoms with Gasteiger partial charge in [0.05, 0.1) is 35.0 Å². The lowest BCUT2D eigenvalue weighted by atomic mass is 10.0. The van der Waals surface area contributed by atoms with Gasteiger partial charge in [-0.3, -0.25) is 14.7 Å². The van der Waals surface area contributed by atoms with E-state index in [-0.39, 0.29) is 5.56 Å². The van der Waals surface area contributed by atoms with Crippen molar-refractivity contribution in [1.82, 2.24) is 15.2 Å². The highest BCUT2D eigenvalue weighted by Gasteiger charge is 2.39. The molecule has 0 spiro atoms. The number of benzene rings is 2. The van der Waals surface area contributed by atoms with E-state index in [0.29, 0.717) is 33.7 Å². The molecule has 5 rings (SSSR count). The average Bonchev–Trinajstić information content (AvgIpc) is 3.28. The molecule has 0 fully saturated rings. The Balaban J connectivity index is 1.69. The first-order chi connectivity index (χ1) is 13.7. The number of hydrogen-bond acceptors (Lipinski definition) is 5. The second-order valence-corrected chi connectivity index (χ2v) is 6.35. The maximum atomic E-state index is 13.3. The van der Waals surface area contributed by atoms with Crippen molar-refractivity contribution in [1.29, 1.82) is 0 Å². The minimum atomic E-state index is -0.403. The highest BCUT2D eigenvalue weighted by Crippen LogP contribution is 2.36. The van der Waals surface area contributed by atoms with Crippen LogP contribution in [0.15, 0.2) is 60.8 Å². The molecule has 1 aliphatic rings. The first kappa shape index (κ1) is 16.2. The molecule has 0 bridgehead atoms. The van der Waals surface area contributed by atoms with Crippen LogP contribution in [-0.2, 0) is 0 Å². The Hall–Kier alpha value is -4.00. The molecule has 28 heavy (non-hydrogen) atoms. The van der Waals surface area contributed by atoms with Crippen LogP contribution in [0.4, 0.5) is 5.69 Å². The number of H-pyrrole nitrogens is 1. The third-order valence-corrected chi connectivity index (χ3v) is 4.83. The highest BCUT2D eigenvalue weighted by molar-refractivity contribution is 6.38. The van der Waals surface area contributed by atoms with Gasteiger partial charge in [-0.25, -0.2) is 9.88 Å². The monoisotopic (exact) mass is 370 g/mol. The molecule has 3 heterocycles. The second kappa shape index (κ2) is 6.02. The van der Waals surface area contributed by atoms with Crippen molar-refractivity contribution < 1.29 is 14.3 Å². The van der Waals surface area contributed by atoms with E-state index in [2.05, 4.69) is 15.2 Å². The maximum Gasteiger partial charge on any atom is 0.267 e. The van der Waals surface area contributed by atoms with Crippen LogP contribution >= 0.6 is 0 Å². The normalized spacial score (nSPS) is 13.2. The number of hydrogen-bond donors (Lipinski definition) is 1. The molecule has 0 aliphatic carbocycles. The summed E-state index contributed by atoms with van der Waals surface area (Å²) in [6.45, 7) is 0. The van der Waals surface area contributed by atoms with Gasteiger partial charge in [-0.1, -0.05) is 30.3 Å². The molecule has 1 aliphatic heterocycles. The molecule has 4 aromatic rings. The van der Waals surface area contributed by atoms with Crippen LogP contribution in [0, 0.1) is 0 Å². The van der Waals surface area contributed by atoms with Gasteiger partial charge in [-0.2, -0.15) is 5.10 Å². The molecule has 0 radical (unpaired) electrons. The van der Waals surface area contributed by atoms with Gasteiger partial charge < -0.3 is 4.74 Å². The van der Waals surface area contributed by atoms with Gasteiger partial charge in [0, 0.05) is 11.8 Å². The summed E-state index contributed by atoms with van der Waals surface area (Å²) in [5.41, 5.74) is 2.99. The van der Waals surface area contributed by atoms with Gasteiger partial charge in [-0.15, -0.1) is 0 Å². The van der Waals surface area contributed by atoms with Crippen molar-refractivity contribution in [2.45, 2.75) is 0 Å². The minimum absolute atomic E-state index is 0.270. The van der Waals surface area contributed by atoms with E-state index in [0.717, 1.165) is 10.5 Å². The zero-order valence-corrected chi connectivity index (χ0v) is 14.8. The molecule has 2 aromatic carbocycles. The van der Waals surface area contributed by atoms with Crippen LogP contribution < -0.4 is 9.64 Å². The third-order valence-electron chi connectivity index (χ3n) is 4.83. The van der Waals surface area contributed by atoms with Gasteiger partial charge in [0.2, 0.25) is 0 Å². The first-order valence-corrected chi connectivity index (χ1v) is 8.64. The van der Waals surface area contributed by atoms with Crippen LogP contribution in [-0.4, -0.2) is 34.1 Å². The Morgan fingerprint density at radius 1 is 0.964 bits per heavy atom. The van der Waals surface area contributed by atoms with Gasteiger partial charge in [0.1, 0.15) is 5.75 Å². The summed E-state index contributed by atoms with van der Waals surface area (Å²) < 4.78 is 5.15. The number of methoxy groups -OCH3 is 1. The molecule has 7 nitrogen and oxygen atoms in total. The van der Waals surface area contributed by atoms with Crippen LogP contribution in [0.3, 0.4) is 0 Å². The van der Waals surface area contributed by atoms with Crippen LogP contribution in [0.5, 0.6) is 5.75 Å². The topological polar surface area (TPSA) is 88.2 Å². The van der Waals surface area contributed by atoms with Gasteiger partial charge in [0.25, 0.3) is 11.8 Å². The van der Waals surface area contributed by atoms with E-state index in [9.17, 15) is 9.59 Å². The van der Waals surface area contributed by atoms with Crippen molar-refractivity contribution in [2.24, 2.45) is 0 Å². The Labute approximate surface area is 159 Å². The maximum absolute atomic E-state index is 13.3. The summed E-state index contributed by atoms with van der Waals surface area (Å²) >= 11 is 0. The largest absolute Gasteiger partial charge is 0.497 e. The smallest absolute Gasteiger partial charge is 0.267 e. The van der Waals surface area contributed by atoms with Crippen molar-refractivity contribution in [3.05, 3.63) is 71.9 Å². The lowest BCUT2D eigenvalue weighted by Gasteiger charge is -2.14. The molecule has 7 heteroatoms. The number of anilines is 1. The van der Waals surface area contributed by atoms with Crippen LogP contribution in [0.2, 0.25) is 0 Å². The number of aromatic nitrogens is 3. The summed E-state index contributed by atoms with van der Waals surface area (Å²) in [4.78, 5) is 31.7. The van der Waals surface area contributed by atoms with Crippen molar-refractivity contribution >= 4 is 28.5 Å². The molecule has 0 saturated carbocycles. The highest BCUT2D eigenvalue weighted by atomic mass is 16.5. The number of carbonyl (C=O) groups excluding carboxylic acids is 2. The van der Waals surface area contributed by atoms with Crippen LogP contribution in [0.25, 0.3) is 22.3 Å². The van der Waals surface area contributed by atoms with Crippen molar-refractivity contribution in [3.63, 3.8) is 0 Å². The number of nitrogens with zero attached hydrogens (tertiary/aromatic N) is 3. The lowest BCUT2D eigenvalue weighted by Crippen LogP contribution is -2.29. The number of imide groups is 1. The van der Waals surface area contributed by atoms with Crippen molar-refractivity contribution in [2.75, 3.05) is 12.0 Å². The molecule has 1 N–H and O–H groups in total. The molecule has 136 valence electrons. The average molecular weight is 370 g/mol. The number of carbonyl (C=O) groups is 2. The molecule has 0 unspecified atom stereocenters. The summed E-state index contributed by atoms with van der Waals surface area (Å²) in [6.07, 6.45) is 1.41. The Bertz CT molecular complexity index is 1230. The van der Waals surface area contributed by atoms with E-state index >= 15 is 0 Å². The number of rotatable bonds is 3. The minimum Gasteiger partial charge on any atom is -0.497 e. The molecule has 2 aromatic heterocycles. The number of pyridine rings is 1. The number of nitrogens with one attached hydrogen (secondary N) is 1. The number of aromatic amines is 1. The number of amides is 2. The number of ether oxygens (including phenoxy) is 1. The van der Waals surface area contributed by atoms with Gasteiger partial charge in [-0.05, 0) is 24.3 Å². The summed E-state index contributed by atoms with van der Waals surface area (Å²) in [5, 5.41) is 7.73. The SMILES string of the molecule is COc1ccc(N2C(=O)c3cnc4n[nH]c(-c5ccccc5)c4c3C2=O)cc1. The van der Waals surface area contributed by atoms with Gasteiger partial charge in [0.15, 0.2) is 5.65 Å². The summed E-state index contributed by atoms with van der Waals surface area (Å²) in [7, 11) is 1.56. The fourth-order valence-corrected chi connectivity index (χ4v) is 3.48. The Morgan fingerprint density at radius 2 is 1.71 bits per heavy atom. The Kier molecular flexibility index (Phi) is 3.48. The number of fused-ring (bicyclic) bond motifs is 3. The molecule has 0 saturated heterocycles. The Morgan fingerprint density at radius 3 is 2.43 bits per heavy atom. The van der Waals surface area contributed by atoms with E-state index in [1.807, 2.05) is 30.3 Å². The zero-order chi connectivity index (χ0) is 19.3. The van der Waals surface area contributed by atoms with Crippen LogP contribution in [0.1, 0.15) is 20.7 Å². The predicted octanol–water partition coefficient (Wildman–Crippen LogP) is 3.43. The fourth-order valence-electron chi connectivity index (χ4n) is 3.48. The summed E-state index contributed by atoms with van der Waals surface area (Å²) in [5.74, 6) is -0.151. The molecule has 0 atom stereocenters. The molecular weight excluding hydrogens is 356 g/mol.